The fourth-order valence-electron chi connectivity index (χ4n) is 3.34. The van der Waals surface area contributed by atoms with E-state index in [0.29, 0.717) is 26.2 Å². The number of aryl methyl sites for hydroxylation is 1. The summed E-state index contributed by atoms with van der Waals surface area (Å²) in [5.74, 6) is 0.733. The zero-order chi connectivity index (χ0) is 19.1. The molecule has 0 radical (unpaired) electrons. The number of nitrogens with one attached hydrogen (secondary N) is 1. The number of carbonyl (C=O) groups is 1. The largest absolute Gasteiger partial charge is 0.383 e. The molecule has 0 atom stereocenters. The highest BCUT2D eigenvalue weighted by atomic mass is 16.5. The highest BCUT2D eigenvalue weighted by molar-refractivity contribution is 5.74. The minimum atomic E-state index is -0.0528. The monoisotopic (exact) mass is 372 g/mol. The predicted octanol–water partition coefficient (Wildman–Crippen LogP) is 1.65. The molecule has 27 heavy (non-hydrogen) atoms. The molecule has 1 N–H and O–H groups in total. The Morgan fingerprint density at radius 3 is 2.89 bits per heavy atom. The first-order chi connectivity index (χ1) is 13.2. The predicted molar refractivity (Wildman–Crippen MR) is 104 cm³/mol. The molecule has 8 nitrogen and oxygen atoms in total. The normalized spacial score (nSPS) is 14.9. The number of anilines is 1. The Hall–Kier alpha value is -2.61. The lowest BCUT2D eigenvalue weighted by atomic mass is 10.2. The zero-order valence-electron chi connectivity index (χ0n) is 16.1. The maximum absolute atomic E-state index is 12.6. The first-order valence-corrected chi connectivity index (χ1v) is 9.38. The molecule has 0 spiro atoms. The minimum Gasteiger partial charge on any atom is -0.383 e. The van der Waals surface area contributed by atoms with Gasteiger partial charge in [-0.3, -0.25) is 0 Å². The summed E-state index contributed by atoms with van der Waals surface area (Å²) in [4.78, 5) is 16.8. The minimum absolute atomic E-state index is 0.0528. The molecule has 2 amide bonds. The van der Waals surface area contributed by atoms with E-state index in [9.17, 15) is 4.79 Å². The zero-order valence-corrected chi connectivity index (χ0v) is 16.1. The smallest absolute Gasteiger partial charge is 0.317 e. The Morgan fingerprint density at radius 1 is 1.22 bits per heavy atom. The molecule has 0 unspecified atom stereocenters. The fraction of sp³-hybridized carbons (Fsp3) is 0.526. The summed E-state index contributed by atoms with van der Waals surface area (Å²) in [6, 6.07) is 8.35. The van der Waals surface area contributed by atoms with Crippen molar-refractivity contribution < 1.29 is 9.53 Å². The highest BCUT2D eigenvalue weighted by Gasteiger charge is 2.20. The molecule has 2 aromatic rings. The second kappa shape index (κ2) is 9.36. The van der Waals surface area contributed by atoms with Crippen molar-refractivity contribution in [1.82, 2.24) is 25.0 Å². The maximum atomic E-state index is 12.6. The number of hydrogen-bond donors (Lipinski definition) is 1. The van der Waals surface area contributed by atoms with Crippen molar-refractivity contribution in [2.75, 3.05) is 44.8 Å². The molecule has 8 heteroatoms. The van der Waals surface area contributed by atoms with Gasteiger partial charge in [-0.15, -0.1) is 10.2 Å². The molecular formula is C19H28N6O2. The van der Waals surface area contributed by atoms with E-state index >= 15 is 0 Å². The van der Waals surface area contributed by atoms with Crippen molar-refractivity contribution in [1.29, 1.82) is 0 Å². The van der Waals surface area contributed by atoms with Gasteiger partial charge in [0, 0.05) is 45.5 Å². The Kier molecular flexibility index (Phi) is 6.64. The van der Waals surface area contributed by atoms with Crippen LogP contribution in [0.1, 0.15) is 17.8 Å². The van der Waals surface area contributed by atoms with Crippen LogP contribution in [0.2, 0.25) is 0 Å². The standard InChI is InChI=1S/C19H28N6O2/c1-16-6-3-4-7-17(16)23-8-5-9-24(11-10-23)19(26)20-14-18-22-21-15-25(18)12-13-27-2/h3-4,6-7,15H,5,8-14H2,1-2H3,(H,20,26). The summed E-state index contributed by atoms with van der Waals surface area (Å²) in [5.41, 5.74) is 2.52. The van der Waals surface area contributed by atoms with E-state index < -0.39 is 0 Å². The van der Waals surface area contributed by atoms with Crippen molar-refractivity contribution in [3.8, 4) is 0 Å². The Morgan fingerprint density at radius 2 is 2.07 bits per heavy atom. The van der Waals surface area contributed by atoms with E-state index in [-0.39, 0.29) is 6.03 Å². The van der Waals surface area contributed by atoms with Gasteiger partial charge in [-0.05, 0) is 25.0 Å². The number of ether oxygens (including phenoxy) is 1. The van der Waals surface area contributed by atoms with Gasteiger partial charge in [0.15, 0.2) is 5.82 Å². The van der Waals surface area contributed by atoms with E-state index in [1.54, 1.807) is 13.4 Å². The molecule has 146 valence electrons. The van der Waals surface area contributed by atoms with Crippen molar-refractivity contribution in [3.05, 3.63) is 42.0 Å². The van der Waals surface area contributed by atoms with E-state index in [0.717, 1.165) is 31.9 Å². The average Bonchev–Trinajstić information content (AvgIpc) is 2.98. The van der Waals surface area contributed by atoms with Crippen molar-refractivity contribution in [3.63, 3.8) is 0 Å². The molecule has 0 saturated carbocycles. The van der Waals surface area contributed by atoms with Crippen LogP contribution >= 0.6 is 0 Å². The highest BCUT2D eigenvalue weighted by Crippen LogP contribution is 2.20. The molecule has 1 aromatic carbocycles. The third-order valence-electron chi connectivity index (χ3n) is 4.87. The summed E-state index contributed by atoms with van der Waals surface area (Å²) < 4.78 is 6.98. The van der Waals surface area contributed by atoms with Crippen molar-refractivity contribution in [2.24, 2.45) is 0 Å². The fourth-order valence-corrected chi connectivity index (χ4v) is 3.34. The third-order valence-corrected chi connectivity index (χ3v) is 4.87. The van der Waals surface area contributed by atoms with Gasteiger partial charge in [-0.2, -0.15) is 0 Å². The lowest BCUT2D eigenvalue weighted by Crippen LogP contribution is -2.42. The number of carbonyl (C=O) groups excluding carboxylic acids is 1. The van der Waals surface area contributed by atoms with Crippen LogP contribution in [0.4, 0.5) is 10.5 Å². The molecule has 1 saturated heterocycles. The van der Waals surface area contributed by atoms with Gasteiger partial charge in [0.25, 0.3) is 0 Å². The Labute approximate surface area is 160 Å². The molecule has 0 bridgehead atoms. The summed E-state index contributed by atoms with van der Waals surface area (Å²) in [6.07, 6.45) is 2.61. The molecule has 2 heterocycles. The molecule has 3 rings (SSSR count). The number of hydrogen-bond acceptors (Lipinski definition) is 5. The number of aromatic nitrogens is 3. The van der Waals surface area contributed by atoms with Crippen LogP contribution in [-0.2, 0) is 17.8 Å². The van der Waals surface area contributed by atoms with Gasteiger partial charge in [0.2, 0.25) is 0 Å². The summed E-state index contributed by atoms with van der Waals surface area (Å²) in [5, 5.41) is 11.0. The molecule has 1 aliphatic heterocycles. The van der Waals surface area contributed by atoms with Gasteiger partial charge in [-0.1, -0.05) is 18.2 Å². The number of para-hydroxylation sites is 1. The van der Waals surface area contributed by atoms with Crippen LogP contribution in [0, 0.1) is 6.92 Å². The van der Waals surface area contributed by atoms with E-state index in [2.05, 4.69) is 51.6 Å². The van der Waals surface area contributed by atoms with E-state index in [1.165, 1.54) is 11.3 Å². The van der Waals surface area contributed by atoms with Crippen molar-refractivity contribution in [2.45, 2.75) is 26.4 Å². The topological polar surface area (TPSA) is 75.5 Å². The van der Waals surface area contributed by atoms with E-state index in [1.807, 2.05) is 9.47 Å². The quantitative estimate of drug-likeness (QED) is 0.835. The molecule has 1 aliphatic rings. The van der Waals surface area contributed by atoms with Gasteiger partial charge < -0.3 is 24.4 Å². The van der Waals surface area contributed by atoms with Gasteiger partial charge in [-0.25, -0.2) is 4.79 Å². The number of nitrogens with zero attached hydrogens (tertiary/aromatic N) is 5. The van der Waals surface area contributed by atoms with Gasteiger partial charge >= 0.3 is 6.03 Å². The van der Waals surface area contributed by atoms with Gasteiger partial charge in [0.05, 0.1) is 13.2 Å². The first kappa shape index (κ1) is 19.2. The first-order valence-electron chi connectivity index (χ1n) is 9.38. The van der Waals surface area contributed by atoms with Crippen LogP contribution < -0.4 is 10.2 Å². The Balaban J connectivity index is 1.52. The maximum Gasteiger partial charge on any atom is 0.317 e. The van der Waals surface area contributed by atoms with Gasteiger partial charge in [0.1, 0.15) is 6.33 Å². The number of methoxy groups -OCH3 is 1. The number of benzene rings is 1. The summed E-state index contributed by atoms with van der Waals surface area (Å²) in [6.45, 7) is 7.00. The number of amides is 2. The van der Waals surface area contributed by atoms with Crippen LogP contribution in [0.5, 0.6) is 0 Å². The summed E-state index contributed by atoms with van der Waals surface area (Å²) >= 11 is 0. The van der Waals surface area contributed by atoms with E-state index in [4.69, 9.17) is 4.74 Å². The molecular weight excluding hydrogens is 344 g/mol. The van der Waals surface area contributed by atoms with Crippen LogP contribution in [0.15, 0.2) is 30.6 Å². The van der Waals surface area contributed by atoms with Crippen LogP contribution in [0.3, 0.4) is 0 Å². The molecule has 1 aromatic heterocycles. The second-order valence-electron chi connectivity index (χ2n) is 6.71. The number of urea groups is 1. The molecule has 0 aliphatic carbocycles. The lowest BCUT2D eigenvalue weighted by Gasteiger charge is -2.25. The van der Waals surface area contributed by atoms with Crippen molar-refractivity contribution >= 4 is 11.7 Å². The molecule has 1 fully saturated rings. The summed E-state index contributed by atoms with van der Waals surface area (Å²) in [7, 11) is 1.66. The van der Waals surface area contributed by atoms with Crippen LogP contribution in [-0.4, -0.2) is 65.6 Å². The lowest BCUT2D eigenvalue weighted by molar-refractivity contribution is 0.185. The van der Waals surface area contributed by atoms with Crippen LogP contribution in [0.25, 0.3) is 0 Å². The SMILES string of the molecule is COCCn1cnnc1CNC(=O)N1CCCN(c2ccccc2C)CC1. The third kappa shape index (κ3) is 4.97. The average molecular weight is 372 g/mol. The number of rotatable bonds is 6. The second-order valence-corrected chi connectivity index (χ2v) is 6.71. The Bertz CT molecular complexity index is 747.